The van der Waals surface area contributed by atoms with Crippen LogP contribution in [0, 0.1) is 11.3 Å². The summed E-state index contributed by atoms with van der Waals surface area (Å²) >= 11 is 3.39. The number of imide groups is 1. The molecule has 1 saturated carbocycles. The second-order valence-corrected chi connectivity index (χ2v) is 10.0. The molecule has 1 saturated heterocycles. The molecule has 1 spiro atoms. The summed E-state index contributed by atoms with van der Waals surface area (Å²) in [4.78, 5) is 41.0. The van der Waals surface area contributed by atoms with Crippen LogP contribution >= 0.6 is 15.9 Å². The lowest BCUT2D eigenvalue weighted by molar-refractivity contribution is -0.140. The van der Waals surface area contributed by atoms with Crippen LogP contribution in [-0.4, -0.2) is 46.8 Å². The molecule has 7 heteroatoms. The van der Waals surface area contributed by atoms with Crippen molar-refractivity contribution < 1.29 is 14.4 Å². The van der Waals surface area contributed by atoms with Crippen LogP contribution in [0.5, 0.6) is 0 Å². The molecule has 4 amide bonds. The van der Waals surface area contributed by atoms with Gasteiger partial charge in [-0.15, -0.1) is 0 Å². The van der Waals surface area contributed by atoms with Gasteiger partial charge >= 0.3 is 6.03 Å². The lowest BCUT2D eigenvalue weighted by Crippen LogP contribution is -2.54. The highest BCUT2D eigenvalue weighted by atomic mass is 79.9. The fraction of sp³-hybridized carbons (Fsp3) is 0.571. The smallest absolute Gasteiger partial charge is 0.325 e. The highest BCUT2D eigenvalue weighted by molar-refractivity contribution is 9.10. The highest BCUT2D eigenvalue weighted by Gasteiger charge is 2.56. The number of likely N-dealkylation sites (N-methyl/N-ethyl adjacent to an activating group) is 1. The summed E-state index contributed by atoms with van der Waals surface area (Å²) in [5.41, 5.74) is 0.0810. The third kappa shape index (κ3) is 4.24. The first-order valence-electron chi connectivity index (χ1n) is 9.64. The lowest BCUT2D eigenvalue weighted by Gasteiger charge is -2.43. The summed E-state index contributed by atoms with van der Waals surface area (Å²) in [5, 5.41) is 2.92. The van der Waals surface area contributed by atoms with E-state index >= 15 is 0 Å². The summed E-state index contributed by atoms with van der Waals surface area (Å²) in [6.45, 7) is 6.56. The Labute approximate surface area is 174 Å². The Bertz CT molecular complexity index is 793. The van der Waals surface area contributed by atoms with Crippen molar-refractivity contribution in [3.8, 4) is 0 Å². The van der Waals surface area contributed by atoms with Gasteiger partial charge in [0.25, 0.3) is 5.91 Å². The highest BCUT2D eigenvalue weighted by Crippen LogP contribution is 2.46. The van der Waals surface area contributed by atoms with Crippen molar-refractivity contribution in [2.45, 2.75) is 52.1 Å². The van der Waals surface area contributed by atoms with Crippen LogP contribution in [0.25, 0.3) is 0 Å². The summed E-state index contributed by atoms with van der Waals surface area (Å²) < 4.78 is 0.972. The third-order valence-electron chi connectivity index (χ3n) is 5.68. The Morgan fingerprint density at radius 2 is 1.89 bits per heavy atom. The third-order valence-corrected chi connectivity index (χ3v) is 6.20. The zero-order valence-corrected chi connectivity index (χ0v) is 18.5. The summed E-state index contributed by atoms with van der Waals surface area (Å²) in [6, 6.07) is 7.24. The van der Waals surface area contributed by atoms with Gasteiger partial charge in [-0.3, -0.25) is 14.5 Å². The van der Waals surface area contributed by atoms with E-state index < -0.39 is 11.6 Å². The van der Waals surface area contributed by atoms with Gasteiger partial charge in [-0.2, -0.15) is 0 Å². The van der Waals surface area contributed by atoms with E-state index in [1.807, 2.05) is 24.3 Å². The number of hydrogen-bond acceptors (Lipinski definition) is 3. The summed E-state index contributed by atoms with van der Waals surface area (Å²) in [6.07, 6.45) is 2.25. The van der Waals surface area contributed by atoms with E-state index in [0.29, 0.717) is 25.3 Å². The van der Waals surface area contributed by atoms with Crippen LogP contribution in [0.15, 0.2) is 28.7 Å². The number of benzene rings is 1. The number of amides is 4. The number of nitrogens with one attached hydrogen (secondary N) is 1. The normalized spacial score (nSPS) is 26.5. The van der Waals surface area contributed by atoms with Gasteiger partial charge < -0.3 is 10.2 Å². The molecule has 2 aliphatic rings. The first kappa shape index (κ1) is 20.8. The standard InChI is InChI=1S/C21H28BrN3O3/c1-14-9-20(2,3)13-21(10-14)18(27)25(19(28)23-21)12-17(26)24(4)11-15-5-7-16(22)8-6-15/h5-8,14H,9-13H2,1-4H3,(H,23,28). The lowest BCUT2D eigenvalue weighted by atomic mass is 9.64. The molecule has 6 nitrogen and oxygen atoms in total. The van der Waals surface area contributed by atoms with E-state index in [-0.39, 0.29) is 23.8 Å². The molecule has 1 aromatic rings. The van der Waals surface area contributed by atoms with Crippen LogP contribution in [0.4, 0.5) is 4.79 Å². The molecule has 0 radical (unpaired) electrons. The molecule has 1 aliphatic heterocycles. The first-order chi connectivity index (χ1) is 13.0. The van der Waals surface area contributed by atoms with Crippen LogP contribution in [-0.2, 0) is 16.1 Å². The van der Waals surface area contributed by atoms with E-state index in [4.69, 9.17) is 0 Å². The van der Waals surface area contributed by atoms with E-state index in [9.17, 15) is 14.4 Å². The Morgan fingerprint density at radius 1 is 1.25 bits per heavy atom. The number of hydrogen-bond donors (Lipinski definition) is 1. The van der Waals surface area contributed by atoms with Crippen molar-refractivity contribution in [3.63, 3.8) is 0 Å². The molecule has 3 rings (SSSR count). The van der Waals surface area contributed by atoms with Crippen molar-refractivity contribution in [2.24, 2.45) is 11.3 Å². The number of carbonyl (C=O) groups excluding carboxylic acids is 3. The van der Waals surface area contributed by atoms with Crippen molar-refractivity contribution >= 4 is 33.8 Å². The largest absolute Gasteiger partial charge is 0.340 e. The van der Waals surface area contributed by atoms with E-state index in [0.717, 1.165) is 21.4 Å². The molecule has 1 heterocycles. The van der Waals surface area contributed by atoms with Crippen molar-refractivity contribution in [3.05, 3.63) is 34.3 Å². The molecular formula is C21H28BrN3O3. The van der Waals surface area contributed by atoms with Gasteiger partial charge in [-0.25, -0.2) is 4.79 Å². The molecule has 2 unspecified atom stereocenters. The van der Waals surface area contributed by atoms with Gasteiger partial charge in [0.2, 0.25) is 5.91 Å². The fourth-order valence-corrected chi connectivity index (χ4v) is 5.12. The molecule has 2 fully saturated rings. The molecule has 0 bridgehead atoms. The Hall–Kier alpha value is -1.89. The quantitative estimate of drug-likeness (QED) is 0.714. The van der Waals surface area contributed by atoms with Crippen molar-refractivity contribution in [1.82, 2.24) is 15.1 Å². The van der Waals surface area contributed by atoms with Crippen LogP contribution in [0.1, 0.15) is 45.6 Å². The number of halogens is 1. The second kappa shape index (κ2) is 7.50. The zero-order chi connectivity index (χ0) is 20.7. The van der Waals surface area contributed by atoms with Crippen LogP contribution < -0.4 is 5.32 Å². The Balaban J connectivity index is 1.68. The predicted octanol–water partition coefficient (Wildman–Crippen LogP) is 3.54. The summed E-state index contributed by atoms with van der Waals surface area (Å²) in [5.74, 6) is -0.183. The fourth-order valence-electron chi connectivity index (χ4n) is 4.86. The van der Waals surface area contributed by atoms with Gasteiger partial charge in [0.1, 0.15) is 12.1 Å². The van der Waals surface area contributed by atoms with E-state index in [1.165, 1.54) is 0 Å². The molecular weight excluding hydrogens is 422 g/mol. The van der Waals surface area contributed by atoms with Gasteiger partial charge in [-0.1, -0.05) is 48.8 Å². The van der Waals surface area contributed by atoms with E-state index in [1.54, 1.807) is 11.9 Å². The Kier molecular flexibility index (Phi) is 5.58. The minimum Gasteiger partial charge on any atom is -0.340 e. The molecule has 1 N–H and O–H groups in total. The number of rotatable bonds is 4. The molecule has 28 heavy (non-hydrogen) atoms. The topological polar surface area (TPSA) is 69.7 Å². The SMILES string of the molecule is CC1CC(C)(C)CC2(C1)NC(=O)N(CC(=O)N(C)Cc1ccc(Br)cc1)C2=O. The average Bonchev–Trinajstić information content (AvgIpc) is 2.78. The average molecular weight is 450 g/mol. The van der Waals surface area contributed by atoms with Crippen molar-refractivity contribution in [1.29, 1.82) is 0 Å². The van der Waals surface area contributed by atoms with Gasteiger partial charge in [0.05, 0.1) is 0 Å². The Morgan fingerprint density at radius 3 is 2.50 bits per heavy atom. The van der Waals surface area contributed by atoms with E-state index in [2.05, 4.69) is 42.0 Å². The van der Waals surface area contributed by atoms with Gasteiger partial charge in [-0.05, 0) is 48.3 Å². The number of nitrogens with zero attached hydrogens (tertiary/aromatic N) is 2. The van der Waals surface area contributed by atoms with Gasteiger partial charge in [0.15, 0.2) is 0 Å². The van der Waals surface area contributed by atoms with Crippen molar-refractivity contribution in [2.75, 3.05) is 13.6 Å². The van der Waals surface area contributed by atoms with Gasteiger partial charge in [0, 0.05) is 18.1 Å². The number of carbonyl (C=O) groups is 3. The minimum absolute atomic E-state index is 0.0288. The maximum absolute atomic E-state index is 13.1. The predicted molar refractivity (Wildman–Crippen MR) is 110 cm³/mol. The molecule has 0 aromatic heterocycles. The minimum atomic E-state index is -0.872. The number of urea groups is 1. The first-order valence-corrected chi connectivity index (χ1v) is 10.4. The monoisotopic (exact) mass is 449 g/mol. The molecule has 152 valence electrons. The molecule has 2 atom stereocenters. The molecule has 1 aliphatic carbocycles. The maximum Gasteiger partial charge on any atom is 0.325 e. The van der Waals surface area contributed by atoms with Crippen LogP contribution in [0.3, 0.4) is 0 Å². The zero-order valence-electron chi connectivity index (χ0n) is 16.9. The van der Waals surface area contributed by atoms with Crippen LogP contribution in [0.2, 0.25) is 0 Å². The summed E-state index contributed by atoms with van der Waals surface area (Å²) in [7, 11) is 1.68. The second-order valence-electron chi connectivity index (χ2n) is 9.13. The molecule has 1 aromatic carbocycles. The maximum atomic E-state index is 13.1.